The zero-order valence-corrected chi connectivity index (χ0v) is 17.4. The van der Waals surface area contributed by atoms with Gasteiger partial charge in [-0.05, 0) is 12.1 Å². The number of nitrogens with zero attached hydrogens (tertiary/aromatic N) is 1. The van der Waals surface area contributed by atoms with E-state index in [0.717, 1.165) is 11.0 Å². The predicted molar refractivity (Wildman–Crippen MR) is 79.9 cm³/mol. The Hall–Kier alpha value is -0.530. The van der Waals surface area contributed by atoms with Gasteiger partial charge in [0.15, 0.2) is 9.15 Å². The topological polar surface area (TPSA) is 144 Å². The van der Waals surface area contributed by atoms with E-state index in [9.17, 15) is 9.90 Å². The molecule has 1 aromatic carbocycles. The first kappa shape index (κ1) is 25.7. The van der Waals surface area contributed by atoms with Crippen molar-refractivity contribution in [2.75, 3.05) is 34.3 Å². The van der Waals surface area contributed by atoms with Crippen LogP contribution in [0.25, 0.3) is 0 Å². The van der Waals surface area contributed by atoms with Crippen LogP contribution in [-0.4, -0.2) is 71.6 Å². The number of esters is 1. The number of rotatable bonds is 5. The first-order valence-corrected chi connectivity index (χ1v) is 9.16. The molecular weight excluding hydrogens is 373 g/mol. The third kappa shape index (κ3) is 11.9. The summed E-state index contributed by atoms with van der Waals surface area (Å²) in [5.74, 6) is -0.524. The zero-order chi connectivity index (χ0) is 18.3. The van der Waals surface area contributed by atoms with Crippen molar-refractivity contribution >= 4 is 25.2 Å². The number of hydrogen-bond donors (Lipinski definition) is 1. The molecule has 1 rings (SSSR count). The SMILES string of the molecule is C[N+](C)(C)CCOC(=O)c1ccccc1O.O=S([O-])S(=O)(=O)[O-].[Na+]. The largest absolute Gasteiger partial charge is 1.00 e. The third-order valence-corrected chi connectivity index (χ3v) is 3.62. The first-order chi connectivity index (χ1) is 10.3. The van der Waals surface area contributed by atoms with Crippen molar-refractivity contribution in [3.8, 4) is 5.75 Å². The van der Waals surface area contributed by atoms with Crippen molar-refractivity contribution in [2.45, 2.75) is 0 Å². The molecule has 0 aliphatic rings. The van der Waals surface area contributed by atoms with Crippen LogP contribution in [0.15, 0.2) is 24.3 Å². The van der Waals surface area contributed by atoms with Gasteiger partial charge in [0.2, 0.25) is 0 Å². The van der Waals surface area contributed by atoms with Gasteiger partial charge in [0.1, 0.15) is 24.5 Å². The molecule has 0 aliphatic heterocycles. The molecule has 0 heterocycles. The van der Waals surface area contributed by atoms with E-state index < -0.39 is 25.2 Å². The van der Waals surface area contributed by atoms with Crippen molar-refractivity contribution < 1.29 is 70.4 Å². The zero-order valence-electron chi connectivity index (χ0n) is 13.8. The van der Waals surface area contributed by atoms with E-state index in [0.29, 0.717) is 6.61 Å². The van der Waals surface area contributed by atoms with Gasteiger partial charge in [0.05, 0.1) is 31.3 Å². The summed E-state index contributed by atoms with van der Waals surface area (Å²) in [6.07, 6.45) is 0. The van der Waals surface area contributed by atoms with Crippen molar-refractivity contribution in [1.82, 2.24) is 0 Å². The summed E-state index contributed by atoms with van der Waals surface area (Å²) >= 11 is 0. The summed E-state index contributed by atoms with van der Waals surface area (Å²) < 4.78 is 51.5. The molecule has 1 N–H and O–H groups in total. The van der Waals surface area contributed by atoms with Crippen LogP contribution >= 0.6 is 0 Å². The molecule has 0 saturated heterocycles. The molecule has 0 aliphatic carbocycles. The van der Waals surface area contributed by atoms with Crippen LogP contribution in [0.2, 0.25) is 0 Å². The van der Waals surface area contributed by atoms with E-state index in [1.54, 1.807) is 18.2 Å². The Balaban J connectivity index is 0. The van der Waals surface area contributed by atoms with Crippen molar-refractivity contribution in [2.24, 2.45) is 0 Å². The van der Waals surface area contributed by atoms with Crippen molar-refractivity contribution in [3.05, 3.63) is 29.8 Å². The van der Waals surface area contributed by atoms with Crippen LogP contribution < -0.4 is 29.6 Å². The van der Waals surface area contributed by atoms with Crippen LogP contribution in [0.3, 0.4) is 0 Å². The number of benzene rings is 1. The van der Waals surface area contributed by atoms with E-state index >= 15 is 0 Å². The maximum Gasteiger partial charge on any atom is 1.00 e. The molecule has 0 amide bonds. The number of aromatic hydroxyl groups is 1. The molecule has 9 nitrogen and oxygen atoms in total. The summed E-state index contributed by atoms with van der Waals surface area (Å²) in [4.78, 5) is 11.6. The summed E-state index contributed by atoms with van der Waals surface area (Å²) in [6.45, 7) is 1.08. The fourth-order valence-electron chi connectivity index (χ4n) is 1.14. The minimum Gasteiger partial charge on any atom is -0.761 e. The molecule has 1 atom stereocenters. The Kier molecular flexibility index (Phi) is 11.9. The minimum atomic E-state index is -5.07. The maximum atomic E-state index is 11.6. The Morgan fingerprint density at radius 1 is 1.29 bits per heavy atom. The van der Waals surface area contributed by atoms with E-state index in [1.807, 2.05) is 21.1 Å². The number of carbonyl (C=O) groups is 1. The summed E-state index contributed by atoms with van der Waals surface area (Å²) in [5, 5.41) is 9.44. The number of phenols is 1. The number of para-hydroxylation sites is 1. The first-order valence-electron chi connectivity index (χ1n) is 6.16. The van der Waals surface area contributed by atoms with E-state index in [4.69, 9.17) is 26.5 Å². The molecule has 0 bridgehead atoms. The molecule has 0 spiro atoms. The van der Waals surface area contributed by atoms with Gasteiger partial charge in [-0.15, -0.1) is 0 Å². The molecular formula is C12H18NNaO8S2. The van der Waals surface area contributed by atoms with E-state index in [-0.39, 0.29) is 40.9 Å². The van der Waals surface area contributed by atoms with Crippen LogP contribution in [0.4, 0.5) is 0 Å². The minimum absolute atomic E-state index is 0. The van der Waals surface area contributed by atoms with E-state index in [2.05, 4.69) is 0 Å². The molecule has 132 valence electrons. The maximum absolute atomic E-state index is 11.6. The normalized spacial score (nSPS) is 12.2. The van der Waals surface area contributed by atoms with Crippen LogP contribution in [0.5, 0.6) is 5.75 Å². The molecule has 1 unspecified atom stereocenters. The monoisotopic (exact) mass is 391 g/mol. The van der Waals surface area contributed by atoms with Crippen LogP contribution in [0, 0.1) is 0 Å². The Labute approximate surface area is 164 Å². The van der Waals surface area contributed by atoms with E-state index in [1.165, 1.54) is 6.07 Å². The number of phenolic OH excluding ortho intramolecular Hbond substituents is 1. The number of hydrogen-bond acceptors (Lipinski definition) is 8. The fourth-order valence-corrected chi connectivity index (χ4v) is 1.14. The van der Waals surface area contributed by atoms with Gasteiger partial charge in [-0.1, -0.05) is 12.1 Å². The van der Waals surface area contributed by atoms with Crippen LogP contribution in [0.1, 0.15) is 10.4 Å². The van der Waals surface area contributed by atoms with Gasteiger partial charge in [0, 0.05) is 0 Å². The van der Waals surface area contributed by atoms with Crippen molar-refractivity contribution in [1.29, 1.82) is 0 Å². The third-order valence-electron chi connectivity index (χ3n) is 2.29. The summed E-state index contributed by atoms with van der Waals surface area (Å²) in [6, 6.07) is 6.37. The second-order valence-corrected chi connectivity index (χ2v) is 8.55. The summed E-state index contributed by atoms with van der Waals surface area (Å²) in [7, 11) is -2.53. The number of quaternary nitrogens is 1. The molecule has 0 aromatic heterocycles. The average molecular weight is 391 g/mol. The summed E-state index contributed by atoms with van der Waals surface area (Å²) in [5.41, 5.74) is 0.212. The molecule has 12 heteroatoms. The van der Waals surface area contributed by atoms with Gasteiger partial charge in [-0.2, -0.15) is 0 Å². The van der Waals surface area contributed by atoms with Crippen LogP contribution in [-0.2, 0) is 24.0 Å². The van der Waals surface area contributed by atoms with Gasteiger partial charge in [-0.3, -0.25) is 4.21 Å². The fraction of sp³-hybridized carbons (Fsp3) is 0.417. The second-order valence-electron chi connectivity index (χ2n) is 5.28. The quantitative estimate of drug-likeness (QED) is 0.136. The molecule has 1 aromatic rings. The second kappa shape index (κ2) is 11.2. The number of carbonyl (C=O) groups excluding carboxylic acids is 1. The number of likely N-dealkylation sites (N-methyl/N-ethyl adjacent to an activating group) is 1. The Morgan fingerprint density at radius 2 is 1.75 bits per heavy atom. The molecule has 24 heavy (non-hydrogen) atoms. The number of ether oxygens (including phenoxy) is 1. The predicted octanol–water partition coefficient (Wildman–Crippen LogP) is -3.42. The standard InChI is InChI=1S/C12H17NO3.Na.H2O5S2/c1-13(2,3)8-9-16-12(15)10-6-4-5-7-11(10)14;;1-6(2)7(3,4)5/h4-7H,8-9H2,1-3H3;;(H,1,2)(H,3,4,5)/q;+1;/p-1. The Bertz CT molecular complexity index is 657. The average Bonchev–Trinajstić information content (AvgIpc) is 2.37. The molecule has 0 radical (unpaired) electrons. The van der Waals surface area contributed by atoms with Gasteiger partial charge in [0.25, 0.3) is 0 Å². The molecule has 0 saturated carbocycles. The van der Waals surface area contributed by atoms with Crippen molar-refractivity contribution in [3.63, 3.8) is 0 Å². The van der Waals surface area contributed by atoms with Gasteiger partial charge >= 0.3 is 35.5 Å². The molecule has 0 fully saturated rings. The Morgan fingerprint density at radius 3 is 2.12 bits per heavy atom. The van der Waals surface area contributed by atoms with Gasteiger partial charge in [-0.25, -0.2) is 13.2 Å². The smallest absolute Gasteiger partial charge is 0.761 e. The van der Waals surface area contributed by atoms with Gasteiger partial charge < -0.3 is 23.4 Å².